The van der Waals surface area contributed by atoms with Gasteiger partial charge >= 0.3 is 6.18 Å². The van der Waals surface area contributed by atoms with Crippen molar-refractivity contribution in [2.45, 2.75) is 11.1 Å². The molecule has 10 heteroatoms. The molecule has 3 aromatic carbocycles. The van der Waals surface area contributed by atoms with Crippen LogP contribution >= 0.6 is 32.5 Å². The molecule has 4 aromatic rings. The third-order valence-corrected chi connectivity index (χ3v) is 9.05. The minimum Gasteiger partial charge on any atom is -0.329 e. The topological polar surface area (TPSA) is 67.2 Å². The van der Waals surface area contributed by atoms with Crippen LogP contribution < -0.4 is 5.32 Å². The maximum absolute atomic E-state index is 12.8. The number of hydrogen-bond acceptors (Lipinski definition) is 5. The maximum Gasteiger partial charge on any atom is 0.451 e. The van der Waals surface area contributed by atoms with Crippen molar-refractivity contribution in [2.75, 3.05) is 5.75 Å². The summed E-state index contributed by atoms with van der Waals surface area (Å²) in [5, 5.41) is 4.87. The van der Waals surface area contributed by atoms with Crippen LogP contribution in [0.1, 0.15) is 27.3 Å². The van der Waals surface area contributed by atoms with Gasteiger partial charge in [0.25, 0.3) is 5.91 Å². The molecule has 1 N–H and O–H groups in total. The highest BCUT2D eigenvalue weighted by molar-refractivity contribution is 14.2. The number of fused-ring (bicyclic) bond motifs is 4. The van der Waals surface area contributed by atoms with E-state index < -0.39 is 12.0 Å². The van der Waals surface area contributed by atoms with Crippen molar-refractivity contribution < 1.29 is 18.0 Å². The van der Waals surface area contributed by atoms with Crippen LogP contribution in [0.25, 0.3) is 33.7 Å². The number of alkyl halides is 3. The molecule has 1 amide bonds. The largest absolute Gasteiger partial charge is 0.451 e. The van der Waals surface area contributed by atoms with E-state index in [1.807, 2.05) is 40.2 Å². The number of carbonyl (C=O) groups is 1. The van der Waals surface area contributed by atoms with Gasteiger partial charge in [-0.25, -0.2) is 15.0 Å². The quantitative estimate of drug-likeness (QED) is 0.234. The fraction of sp³-hybridized carbons (Fsp3) is 0.0690. The summed E-state index contributed by atoms with van der Waals surface area (Å²) in [6.45, 7) is 0. The molecule has 2 aliphatic rings. The van der Waals surface area contributed by atoms with E-state index in [0.29, 0.717) is 16.7 Å². The Labute approximate surface area is 235 Å². The molecule has 0 aliphatic carbocycles. The third-order valence-electron chi connectivity index (χ3n) is 6.24. The molecule has 0 fully saturated rings. The highest BCUT2D eigenvalue weighted by Crippen LogP contribution is 2.42. The highest BCUT2D eigenvalue weighted by atomic mass is 127. The van der Waals surface area contributed by atoms with Gasteiger partial charge in [0.15, 0.2) is 0 Å². The Hall–Kier alpha value is -3.64. The average molecular weight is 654 g/mol. The van der Waals surface area contributed by atoms with Crippen molar-refractivity contribution in [1.82, 2.24) is 15.3 Å². The van der Waals surface area contributed by atoms with Gasteiger partial charge in [0.1, 0.15) is 0 Å². The van der Waals surface area contributed by atoms with Gasteiger partial charge in [-0.1, -0.05) is 57.1 Å². The Morgan fingerprint density at radius 1 is 1.00 bits per heavy atom. The van der Waals surface area contributed by atoms with Crippen LogP contribution in [0.5, 0.6) is 0 Å². The molecule has 0 atom stereocenters. The van der Waals surface area contributed by atoms with Crippen LogP contribution in [0.15, 0.2) is 88.7 Å². The Morgan fingerprint density at radius 3 is 2.56 bits per heavy atom. The van der Waals surface area contributed by atoms with Crippen LogP contribution in [0.2, 0.25) is 0 Å². The standard InChI is InChI=1S/C29H18F3IN4OS/c30-29(31,32)28-35-13-22(14-36-28)18-3-1-17(2-4-18)9-10-34-27(38)20-5-7-23-19(11-20)6-8-24-25(23)26-21(15-39-24)12-33-16-37-26/h1-14,16H,15H2,(H,34,38)/b10-9+. The van der Waals surface area contributed by atoms with Crippen LogP contribution in [-0.2, 0) is 6.18 Å². The number of halogens is 4. The van der Waals surface area contributed by atoms with Crippen molar-refractivity contribution in [1.29, 1.82) is 0 Å². The Bertz CT molecular complexity index is 1730. The monoisotopic (exact) mass is 654 g/mol. The van der Waals surface area contributed by atoms with E-state index in [1.54, 1.807) is 36.5 Å². The number of nitrogens with one attached hydrogen (secondary N) is 1. The molecule has 3 heterocycles. The van der Waals surface area contributed by atoms with Gasteiger partial charge in [-0.2, -0.15) is 13.2 Å². The van der Waals surface area contributed by atoms with E-state index in [0.717, 1.165) is 45.7 Å². The van der Waals surface area contributed by atoms with Gasteiger partial charge in [-0.05, 0) is 55.8 Å². The number of carbonyl (C=O) groups excluding carboxylic acids is 1. The summed E-state index contributed by atoms with van der Waals surface area (Å²) in [6.07, 6.45) is 1.04. The fourth-order valence-corrected chi connectivity index (χ4v) is 7.21. The van der Waals surface area contributed by atoms with Gasteiger partial charge in [0.05, 0.1) is 9.92 Å². The van der Waals surface area contributed by atoms with Gasteiger partial charge < -0.3 is 5.32 Å². The average Bonchev–Trinajstić information content (AvgIpc) is 2.96. The zero-order chi connectivity index (χ0) is 27.0. The molecule has 0 unspecified atom stereocenters. The molecule has 0 bridgehead atoms. The summed E-state index contributed by atoms with van der Waals surface area (Å²) in [7, 11) is 0. The van der Waals surface area contributed by atoms with Crippen LogP contribution in [0.3, 0.4) is 0 Å². The van der Waals surface area contributed by atoms with E-state index >= 15 is 0 Å². The molecule has 0 radical (unpaired) electrons. The zero-order valence-corrected chi connectivity index (χ0v) is 23.0. The number of thioether (sulfide) groups is 1. The Kier molecular flexibility index (Phi) is 6.90. The molecule has 194 valence electrons. The van der Waals surface area contributed by atoms with Crippen molar-refractivity contribution in [2.24, 2.45) is 4.99 Å². The molecule has 2 aliphatic heterocycles. The predicted octanol–water partition coefficient (Wildman–Crippen LogP) is 7.35. The predicted molar refractivity (Wildman–Crippen MR) is 159 cm³/mol. The van der Waals surface area contributed by atoms with E-state index in [1.165, 1.54) is 10.5 Å². The summed E-state index contributed by atoms with van der Waals surface area (Å²) < 4.78 is 42.4. The number of amides is 1. The molecule has 1 aromatic heterocycles. The van der Waals surface area contributed by atoms with Crippen molar-refractivity contribution in [3.8, 4) is 11.1 Å². The number of hydrogen-bond donors (Lipinski definition) is 1. The summed E-state index contributed by atoms with van der Waals surface area (Å²) in [4.78, 5) is 25.6. The molecule has 39 heavy (non-hydrogen) atoms. The first-order valence-electron chi connectivity index (χ1n) is 11.7. The van der Waals surface area contributed by atoms with Crippen LogP contribution in [-0.4, -0.2) is 29.9 Å². The molecular formula is C29H18F3IN4OS. The maximum atomic E-state index is 12.8. The lowest BCUT2D eigenvalue weighted by Gasteiger charge is -2.21. The van der Waals surface area contributed by atoms with Gasteiger partial charge in [0, 0.05) is 45.9 Å². The normalized spacial score (nSPS) is 14.7. The van der Waals surface area contributed by atoms with Crippen molar-refractivity contribution in [3.63, 3.8) is 0 Å². The molecule has 6 rings (SSSR count). The minimum atomic E-state index is -4.57. The summed E-state index contributed by atoms with van der Waals surface area (Å²) >= 11 is 1.72. The van der Waals surface area contributed by atoms with E-state index in [4.69, 9.17) is 4.99 Å². The van der Waals surface area contributed by atoms with Crippen molar-refractivity contribution in [3.05, 3.63) is 101 Å². The molecule has 0 spiro atoms. The number of nitrogens with zero attached hydrogens (tertiary/aromatic N) is 3. The zero-order valence-electron chi connectivity index (χ0n) is 20.0. The number of aromatic nitrogens is 2. The van der Waals surface area contributed by atoms with E-state index in [-0.39, 0.29) is 26.6 Å². The van der Waals surface area contributed by atoms with Crippen LogP contribution in [0.4, 0.5) is 13.2 Å². The summed E-state index contributed by atoms with van der Waals surface area (Å²) in [6, 6.07) is 17.0. The lowest BCUT2D eigenvalue weighted by atomic mass is 9.98. The molecule has 5 nitrogen and oxygen atoms in total. The van der Waals surface area contributed by atoms with Crippen molar-refractivity contribution >= 4 is 69.2 Å². The number of benzene rings is 3. The fourth-order valence-electron chi connectivity index (χ4n) is 4.32. The first-order valence-corrected chi connectivity index (χ1v) is 15.2. The van der Waals surface area contributed by atoms with Gasteiger partial charge in [0.2, 0.25) is 5.82 Å². The molecule has 0 saturated heterocycles. The molecule has 0 saturated carbocycles. The summed E-state index contributed by atoms with van der Waals surface area (Å²) in [5.41, 5.74) is 6.03. The first kappa shape index (κ1) is 25.6. The smallest absolute Gasteiger partial charge is 0.329 e. The molecular weight excluding hydrogens is 636 g/mol. The van der Waals surface area contributed by atoms with E-state index in [9.17, 15) is 18.0 Å². The van der Waals surface area contributed by atoms with Gasteiger partial charge in [-0.3, -0.25) is 4.79 Å². The Morgan fingerprint density at radius 2 is 1.79 bits per heavy atom. The second-order valence-corrected chi connectivity index (χ2v) is 11.6. The second-order valence-electron chi connectivity index (χ2n) is 8.72. The number of aliphatic imine (C=N–C) groups is 1. The lowest BCUT2D eigenvalue weighted by molar-refractivity contribution is -0.144. The minimum absolute atomic E-state index is 0.108. The SMILES string of the molecule is O=C(N/C=C/c1ccc(-c2cnc(C(F)(F)F)nc2)cc1)c1ccc2c3c(ccc2c1)SCC1=C3N=CI=C1. The lowest BCUT2D eigenvalue weighted by Crippen LogP contribution is -2.16. The van der Waals surface area contributed by atoms with Crippen LogP contribution in [0, 0.1) is 0 Å². The summed E-state index contributed by atoms with van der Waals surface area (Å²) in [5.74, 6) is -0.451. The highest BCUT2D eigenvalue weighted by Gasteiger charge is 2.34. The number of rotatable bonds is 4. The first-order chi connectivity index (χ1) is 18.9. The third kappa shape index (κ3) is 5.30. The Balaban J connectivity index is 1.15. The second kappa shape index (κ2) is 10.5. The van der Waals surface area contributed by atoms with Gasteiger partial charge in [-0.15, -0.1) is 11.8 Å². The van der Waals surface area contributed by atoms with E-state index in [2.05, 4.69) is 25.4 Å².